The van der Waals surface area contributed by atoms with Gasteiger partial charge in [-0.2, -0.15) is 0 Å². The number of hydrogen-bond acceptors (Lipinski definition) is 2. The van der Waals surface area contributed by atoms with Crippen molar-refractivity contribution >= 4 is 5.69 Å². The normalized spacial score (nSPS) is 21.6. The predicted octanol–water partition coefficient (Wildman–Crippen LogP) is 2.35. The average molecular weight is 204 g/mol. The first-order chi connectivity index (χ1) is 7.18. The molecule has 0 spiro atoms. The van der Waals surface area contributed by atoms with Crippen LogP contribution in [0.4, 0.5) is 5.69 Å². The maximum Gasteiger partial charge on any atom is 0.0352 e. The fraction of sp³-hybridized carbons (Fsp3) is 0.538. The molecule has 0 amide bonds. The van der Waals surface area contributed by atoms with Crippen LogP contribution >= 0.6 is 0 Å². The molecule has 1 unspecified atom stereocenters. The first-order valence-corrected chi connectivity index (χ1v) is 5.76. The van der Waals surface area contributed by atoms with Crippen LogP contribution in [0.2, 0.25) is 0 Å². The van der Waals surface area contributed by atoms with Crippen LogP contribution in [-0.4, -0.2) is 13.1 Å². The molecular formula is C13H20N2. The van der Waals surface area contributed by atoms with Gasteiger partial charge in [-0.25, -0.2) is 0 Å². The fourth-order valence-electron chi connectivity index (χ4n) is 2.33. The second-order valence-corrected chi connectivity index (χ2v) is 4.61. The highest BCUT2D eigenvalue weighted by Gasteiger charge is 2.17. The average Bonchev–Trinajstić information content (AvgIpc) is 2.25. The van der Waals surface area contributed by atoms with Gasteiger partial charge in [0.2, 0.25) is 0 Å². The van der Waals surface area contributed by atoms with E-state index in [2.05, 4.69) is 31.3 Å². The van der Waals surface area contributed by atoms with Gasteiger partial charge in [0.1, 0.15) is 0 Å². The van der Waals surface area contributed by atoms with E-state index in [9.17, 15) is 0 Å². The van der Waals surface area contributed by atoms with Crippen molar-refractivity contribution in [3.8, 4) is 0 Å². The first-order valence-electron chi connectivity index (χ1n) is 5.76. The Morgan fingerprint density at radius 1 is 1.27 bits per heavy atom. The molecule has 0 radical (unpaired) electrons. The first kappa shape index (κ1) is 10.5. The topological polar surface area (TPSA) is 38.0 Å². The van der Waals surface area contributed by atoms with Crippen LogP contribution in [0.1, 0.15) is 35.4 Å². The monoisotopic (exact) mass is 204 g/mol. The summed E-state index contributed by atoms with van der Waals surface area (Å²) >= 11 is 0. The van der Waals surface area contributed by atoms with E-state index in [1.54, 1.807) is 0 Å². The summed E-state index contributed by atoms with van der Waals surface area (Å²) in [5.74, 6) is 0.609. The Labute approximate surface area is 91.9 Å². The van der Waals surface area contributed by atoms with Gasteiger partial charge in [0.15, 0.2) is 0 Å². The number of rotatable bonds is 1. The number of aryl methyl sites for hydroxylation is 2. The smallest absolute Gasteiger partial charge is 0.0352 e. The summed E-state index contributed by atoms with van der Waals surface area (Å²) in [4.78, 5) is 0. The van der Waals surface area contributed by atoms with Crippen molar-refractivity contribution < 1.29 is 0 Å². The quantitative estimate of drug-likeness (QED) is 0.689. The maximum absolute atomic E-state index is 6.09. The van der Waals surface area contributed by atoms with Gasteiger partial charge in [-0.05, 0) is 61.9 Å². The van der Waals surface area contributed by atoms with Crippen molar-refractivity contribution in [3.63, 3.8) is 0 Å². The number of nitrogens with one attached hydrogen (secondary N) is 1. The number of anilines is 1. The van der Waals surface area contributed by atoms with Crippen LogP contribution in [0, 0.1) is 13.8 Å². The van der Waals surface area contributed by atoms with Crippen molar-refractivity contribution in [2.24, 2.45) is 0 Å². The van der Waals surface area contributed by atoms with E-state index >= 15 is 0 Å². The SMILES string of the molecule is Cc1cc(N)c(C2CCCNC2)cc1C. The molecule has 1 fully saturated rings. The Kier molecular flexibility index (Phi) is 2.96. The molecule has 1 aromatic rings. The van der Waals surface area contributed by atoms with Gasteiger partial charge in [-0.1, -0.05) is 6.07 Å². The Morgan fingerprint density at radius 2 is 2.00 bits per heavy atom. The van der Waals surface area contributed by atoms with Crippen LogP contribution in [0.5, 0.6) is 0 Å². The van der Waals surface area contributed by atoms with E-state index in [1.807, 2.05) is 0 Å². The van der Waals surface area contributed by atoms with E-state index in [-0.39, 0.29) is 0 Å². The third kappa shape index (κ3) is 2.15. The standard InChI is InChI=1S/C13H20N2/c1-9-6-12(13(14)7-10(9)2)11-4-3-5-15-8-11/h6-7,11,15H,3-5,8,14H2,1-2H3. The Balaban J connectivity index is 2.30. The lowest BCUT2D eigenvalue weighted by atomic mass is 9.88. The van der Waals surface area contributed by atoms with Gasteiger partial charge in [0, 0.05) is 12.2 Å². The van der Waals surface area contributed by atoms with Crippen molar-refractivity contribution in [1.29, 1.82) is 0 Å². The van der Waals surface area contributed by atoms with Crippen LogP contribution in [0.3, 0.4) is 0 Å². The fourth-order valence-corrected chi connectivity index (χ4v) is 2.33. The van der Waals surface area contributed by atoms with Crippen LogP contribution in [0.25, 0.3) is 0 Å². The largest absolute Gasteiger partial charge is 0.398 e. The molecule has 1 aliphatic heterocycles. The molecule has 0 saturated carbocycles. The molecule has 1 saturated heterocycles. The number of benzene rings is 1. The highest BCUT2D eigenvalue weighted by molar-refractivity contribution is 5.53. The van der Waals surface area contributed by atoms with Crippen LogP contribution in [-0.2, 0) is 0 Å². The van der Waals surface area contributed by atoms with E-state index in [0.717, 1.165) is 18.8 Å². The molecule has 1 heterocycles. The molecule has 1 atom stereocenters. The summed E-state index contributed by atoms with van der Waals surface area (Å²) in [6, 6.07) is 4.38. The molecule has 2 heteroatoms. The number of nitrogen functional groups attached to an aromatic ring is 1. The zero-order valence-corrected chi connectivity index (χ0v) is 9.64. The van der Waals surface area contributed by atoms with Crippen LogP contribution < -0.4 is 11.1 Å². The zero-order chi connectivity index (χ0) is 10.8. The van der Waals surface area contributed by atoms with E-state index in [0.29, 0.717) is 5.92 Å². The summed E-state index contributed by atoms with van der Waals surface area (Å²) in [5.41, 5.74) is 11.0. The Hall–Kier alpha value is -1.02. The van der Waals surface area contributed by atoms with Gasteiger partial charge in [-0.3, -0.25) is 0 Å². The highest BCUT2D eigenvalue weighted by atomic mass is 14.9. The van der Waals surface area contributed by atoms with Gasteiger partial charge in [-0.15, -0.1) is 0 Å². The van der Waals surface area contributed by atoms with Crippen molar-refractivity contribution in [1.82, 2.24) is 5.32 Å². The molecule has 15 heavy (non-hydrogen) atoms. The van der Waals surface area contributed by atoms with Crippen molar-refractivity contribution in [2.75, 3.05) is 18.8 Å². The Bertz CT molecular complexity index is 352. The summed E-state index contributed by atoms with van der Waals surface area (Å²) in [7, 11) is 0. The van der Waals surface area contributed by atoms with Gasteiger partial charge in [0.25, 0.3) is 0 Å². The van der Waals surface area contributed by atoms with Gasteiger partial charge in [0.05, 0.1) is 0 Å². The van der Waals surface area contributed by atoms with Gasteiger partial charge >= 0.3 is 0 Å². The Morgan fingerprint density at radius 3 is 2.67 bits per heavy atom. The van der Waals surface area contributed by atoms with E-state index in [4.69, 9.17) is 5.73 Å². The molecule has 2 rings (SSSR count). The highest BCUT2D eigenvalue weighted by Crippen LogP contribution is 2.29. The molecule has 3 N–H and O–H groups in total. The summed E-state index contributed by atoms with van der Waals surface area (Å²) in [5, 5.41) is 3.44. The van der Waals surface area contributed by atoms with Crippen molar-refractivity contribution in [2.45, 2.75) is 32.6 Å². The van der Waals surface area contributed by atoms with E-state index < -0.39 is 0 Å². The third-order valence-corrected chi connectivity index (χ3v) is 3.44. The minimum absolute atomic E-state index is 0.609. The lowest BCUT2D eigenvalue weighted by molar-refractivity contribution is 0.462. The minimum Gasteiger partial charge on any atom is -0.398 e. The number of nitrogens with two attached hydrogens (primary N) is 1. The van der Waals surface area contributed by atoms with E-state index in [1.165, 1.54) is 29.5 Å². The third-order valence-electron chi connectivity index (χ3n) is 3.44. The predicted molar refractivity (Wildman–Crippen MR) is 65.2 cm³/mol. The van der Waals surface area contributed by atoms with Crippen molar-refractivity contribution in [3.05, 3.63) is 28.8 Å². The van der Waals surface area contributed by atoms with Crippen LogP contribution in [0.15, 0.2) is 12.1 Å². The molecule has 2 nitrogen and oxygen atoms in total. The summed E-state index contributed by atoms with van der Waals surface area (Å²) in [6.45, 7) is 6.51. The molecule has 0 bridgehead atoms. The van der Waals surface area contributed by atoms with Gasteiger partial charge < -0.3 is 11.1 Å². The lowest BCUT2D eigenvalue weighted by Gasteiger charge is -2.25. The number of piperidine rings is 1. The molecule has 1 aliphatic rings. The molecule has 1 aromatic carbocycles. The molecular weight excluding hydrogens is 184 g/mol. The lowest BCUT2D eigenvalue weighted by Crippen LogP contribution is -2.28. The molecule has 0 aliphatic carbocycles. The second kappa shape index (κ2) is 4.23. The summed E-state index contributed by atoms with van der Waals surface area (Å²) < 4.78 is 0. The molecule has 82 valence electrons. The number of hydrogen-bond donors (Lipinski definition) is 2. The summed E-state index contributed by atoms with van der Waals surface area (Å²) in [6.07, 6.45) is 2.52. The minimum atomic E-state index is 0.609. The molecule has 0 aromatic heterocycles. The maximum atomic E-state index is 6.09. The second-order valence-electron chi connectivity index (χ2n) is 4.61. The zero-order valence-electron chi connectivity index (χ0n) is 9.64.